The fourth-order valence-corrected chi connectivity index (χ4v) is 2.32. The third-order valence-electron chi connectivity index (χ3n) is 2.29. The lowest BCUT2D eigenvalue weighted by atomic mass is 10.1. The number of nitrogens with one attached hydrogen (secondary N) is 1. The van der Waals surface area contributed by atoms with Crippen molar-refractivity contribution in [1.82, 2.24) is 4.98 Å². The van der Waals surface area contributed by atoms with Gasteiger partial charge in [0.15, 0.2) is 0 Å². The number of hydrogen-bond acceptors (Lipinski definition) is 4. The number of nitrogen functional groups attached to an aromatic ring is 1. The minimum absolute atomic E-state index is 0.373. The molecule has 0 saturated heterocycles. The number of nitrogens with zero attached hydrogens (tertiary/aromatic N) is 1. The van der Waals surface area contributed by atoms with Crippen LogP contribution in [0.5, 0.6) is 0 Å². The Morgan fingerprint density at radius 3 is 3.06 bits per heavy atom. The smallest absolute Gasteiger partial charge is 0.0549 e. The summed E-state index contributed by atoms with van der Waals surface area (Å²) in [7, 11) is 0. The standard InChI is InChI=1S/C12H15N3S/c1-9(4-10-2-3-16-8-10)15-12-5-11(13)6-14-7-12/h2-3,5-9,15H,4,13H2,1H3. The van der Waals surface area contributed by atoms with E-state index in [9.17, 15) is 0 Å². The third-order valence-corrected chi connectivity index (χ3v) is 3.03. The van der Waals surface area contributed by atoms with Crippen molar-refractivity contribution in [3.8, 4) is 0 Å². The van der Waals surface area contributed by atoms with E-state index in [-0.39, 0.29) is 0 Å². The highest BCUT2D eigenvalue weighted by Crippen LogP contribution is 2.14. The maximum absolute atomic E-state index is 5.67. The molecule has 0 amide bonds. The highest BCUT2D eigenvalue weighted by Gasteiger charge is 2.04. The molecule has 0 spiro atoms. The van der Waals surface area contributed by atoms with Gasteiger partial charge in [0, 0.05) is 12.2 Å². The Kier molecular flexibility index (Phi) is 3.41. The van der Waals surface area contributed by atoms with Crippen LogP contribution in [0.4, 0.5) is 11.4 Å². The van der Waals surface area contributed by atoms with Crippen LogP contribution in [-0.2, 0) is 6.42 Å². The molecule has 0 radical (unpaired) electrons. The quantitative estimate of drug-likeness (QED) is 0.853. The molecule has 0 aromatic carbocycles. The molecule has 2 heterocycles. The molecular weight excluding hydrogens is 218 g/mol. The molecule has 0 aliphatic heterocycles. The van der Waals surface area contributed by atoms with E-state index in [1.165, 1.54) is 5.56 Å². The minimum atomic E-state index is 0.373. The Labute approximate surface area is 99.3 Å². The van der Waals surface area contributed by atoms with Crippen molar-refractivity contribution >= 4 is 22.7 Å². The maximum Gasteiger partial charge on any atom is 0.0549 e. The first-order valence-electron chi connectivity index (χ1n) is 5.22. The number of rotatable bonds is 4. The van der Waals surface area contributed by atoms with Crippen LogP contribution in [-0.4, -0.2) is 11.0 Å². The van der Waals surface area contributed by atoms with E-state index in [1.807, 2.05) is 6.07 Å². The molecule has 0 saturated carbocycles. The molecule has 2 aromatic heterocycles. The Bertz CT molecular complexity index is 439. The Morgan fingerprint density at radius 1 is 1.50 bits per heavy atom. The minimum Gasteiger partial charge on any atom is -0.397 e. The fourth-order valence-electron chi connectivity index (χ4n) is 1.63. The molecule has 0 aliphatic carbocycles. The first-order valence-corrected chi connectivity index (χ1v) is 6.16. The average molecular weight is 233 g/mol. The maximum atomic E-state index is 5.67. The van der Waals surface area contributed by atoms with Gasteiger partial charge in [-0.05, 0) is 41.8 Å². The first-order chi connectivity index (χ1) is 7.74. The Morgan fingerprint density at radius 2 is 2.38 bits per heavy atom. The van der Waals surface area contributed by atoms with Crippen molar-refractivity contribution in [2.45, 2.75) is 19.4 Å². The molecule has 0 bridgehead atoms. The molecule has 0 aliphatic rings. The molecular formula is C12H15N3S. The summed E-state index contributed by atoms with van der Waals surface area (Å²) in [4.78, 5) is 4.05. The highest BCUT2D eigenvalue weighted by atomic mass is 32.1. The van der Waals surface area contributed by atoms with Gasteiger partial charge in [-0.15, -0.1) is 0 Å². The fraction of sp³-hybridized carbons (Fsp3) is 0.250. The number of pyridine rings is 1. The van der Waals surface area contributed by atoms with Gasteiger partial charge in [-0.3, -0.25) is 4.98 Å². The van der Waals surface area contributed by atoms with E-state index in [0.29, 0.717) is 11.7 Å². The zero-order valence-corrected chi connectivity index (χ0v) is 10.00. The lowest BCUT2D eigenvalue weighted by Gasteiger charge is -2.14. The van der Waals surface area contributed by atoms with Gasteiger partial charge in [-0.25, -0.2) is 0 Å². The van der Waals surface area contributed by atoms with Gasteiger partial charge in [0.2, 0.25) is 0 Å². The summed E-state index contributed by atoms with van der Waals surface area (Å²) in [6.07, 6.45) is 4.45. The van der Waals surface area contributed by atoms with Gasteiger partial charge >= 0.3 is 0 Å². The van der Waals surface area contributed by atoms with Crippen molar-refractivity contribution in [1.29, 1.82) is 0 Å². The van der Waals surface area contributed by atoms with Crippen molar-refractivity contribution < 1.29 is 0 Å². The van der Waals surface area contributed by atoms with Crippen LogP contribution in [0.1, 0.15) is 12.5 Å². The molecule has 2 rings (SSSR count). The molecule has 16 heavy (non-hydrogen) atoms. The molecule has 3 N–H and O–H groups in total. The van der Waals surface area contributed by atoms with Gasteiger partial charge in [0.05, 0.1) is 17.6 Å². The second kappa shape index (κ2) is 4.99. The summed E-state index contributed by atoms with van der Waals surface area (Å²) in [5, 5.41) is 7.66. The SMILES string of the molecule is CC(Cc1ccsc1)Nc1cncc(N)c1. The van der Waals surface area contributed by atoms with Crippen molar-refractivity contribution in [3.05, 3.63) is 40.8 Å². The van der Waals surface area contributed by atoms with Crippen LogP contribution in [0.2, 0.25) is 0 Å². The summed E-state index contributed by atoms with van der Waals surface area (Å²) < 4.78 is 0. The van der Waals surface area contributed by atoms with Gasteiger partial charge in [0.1, 0.15) is 0 Å². The van der Waals surface area contributed by atoms with Gasteiger partial charge < -0.3 is 11.1 Å². The highest BCUT2D eigenvalue weighted by molar-refractivity contribution is 7.07. The molecule has 84 valence electrons. The summed E-state index contributed by atoms with van der Waals surface area (Å²) in [6.45, 7) is 2.15. The lowest BCUT2D eigenvalue weighted by Crippen LogP contribution is -2.17. The summed E-state index contributed by atoms with van der Waals surface area (Å²) in [5.74, 6) is 0. The van der Waals surface area contributed by atoms with Gasteiger partial charge in [-0.2, -0.15) is 11.3 Å². The molecule has 1 unspecified atom stereocenters. The molecule has 3 nitrogen and oxygen atoms in total. The normalized spacial score (nSPS) is 12.3. The number of hydrogen-bond donors (Lipinski definition) is 2. The number of aromatic nitrogens is 1. The van der Waals surface area contributed by atoms with Crippen LogP contribution in [0.25, 0.3) is 0 Å². The number of nitrogens with two attached hydrogens (primary N) is 1. The molecule has 2 aromatic rings. The number of thiophene rings is 1. The monoisotopic (exact) mass is 233 g/mol. The lowest BCUT2D eigenvalue weighted by molar-refractivity contribution is 0.792. The first kappa shape index (κ1) is 11.0. The summed E-state index contributed by atoms with van der Waals surface area (Å²) in [5.41, 5.74) is 8.69. The van der Waals surface area contributed by atoms with E-state index in [0.717, 1.165) is 12.1 Å². The van der Waals surface area contributed by atoms with Crippen molar-refractivity contribution in [2.75, 3.05) is 11.1 Å². The van der Waals surface area contributed by atoms with Crippen molar-refractivity contribution in [2.24, 2.45) is 0 Å². The topological polar surface area (TPSA) is 50.9 Å². The van der Waals surface area contributed by atoms with E-state index in [4.69, 9.17) is 5.73 Å². The Hall–Kier alpha value is -1.55. The van der Waals surface area contributed by atoms with E-state index >= 15 is 0 Å². The molecule has 1 atom stereocenters. The van der Waals surface area contributed by atoms with Crippen LogP contribution < -0.4 is 11.1 Å². The van der Waals surface area contributed by atoms with Crippen LogP contribution in [0, 0.1) is 0 Å². The second-order valence-corrected chi connectivity index (χ2v) is 4.67. The van der Waals surface area contributed by atoms with E-state index < -0.39 is 0 Å². The predicted molar refractivity (Wildman–Crippen MR) is 69.8 cm³/mol. The van der Waals surface area contributed by atoms with E-state index in [2.05, 4.69) is 34.1 Å². The van der Waals surface area contributed by atoms with Gasteiger partial charge in [-0.1, -0.05) is 0 Å². The summed E-state index contributed by atoms with van der Waals surface area (Å²) >= 11 is 1.73. The largest absolute Gasteiger partial charge is 0.397 e. The van der Waals surface area contributed by atoms with Crippen LogP contribution in [0.15, 0.2) is 35.3 Å². The second-order valence-electron chi connectivity index (χ2n) is 3.89. The molecule has 4 heteroatoms. The zero-order chi connectivity index (χ0) is 11.4. The summed E-state index contributed by atoms with van der Waals surface area (Å²) in [6, 6.07) is 4.43. The average Bonchev–Trinajstić information content (AvgIpc) is 2.70. The van der Waals surface area contributed by atoms with Crippen LogP contribution >= 0.6 is 11.3 Å². The molecule has 0 fully saturated rings. The van der Waals surface area contributed by atoms with Crippen molar-refractivity contribution in [3.63, 3.8) is 0 Å². The predicted octanol–water partition coefficient (Wildman–Crippen LogP) is 2.77. The van der Waals surface area contributed by atoms with Gasteiger partial charge in [0.25, 0.3) is 0 Å². The zero-order valence-electron chi connectivity index (χ0n) is 9.18. The third kappa shape index (κ3) is 2.97. The van der Waals surface area contributed by atoms with E-state index in [1.54, 1.807) is 23.7 Å². The Balaban J connectivity index is 1.94. The number of anilines is 2. The van der Waals surface area contributed by atoms with Crippen LogP contribution in [0.3, 0.4) is 0 Å².